The average Bonchev–Trinajstić information content (AvgIpc) is 2.88. The van der Waals surface area contributed by atoms with E-state index in [1.54, 1.807) is 6.07 Å². The Labute approximate surface area is 108 Å². The van der Waals surface area contributed by atoms with Crippen LogP contribution in [0.15, 0.2) is 22.7 Å². The van der Waals surface area contributed by atoms with Gasteiger partial charge >= 0.3 is 0 Å². The molecule has 1 N–H and O–H groups in total. The van der Waals surface area contributed by atoms with Crippen molar-refractivity contribution in [3.8, 4) is 0 Å². The summed E-state index contributed by atoms with van der Waals surface area (Å²) in [7, 11) is 1.94. The van der Waals surface area contributed by atoms with Crippen LogP contribution in [0.1, 0.15) is 24.6 Å². The van der Waals surface area contributed by atoms with Gasteiger partial charge < -0.3 is 9.88 Å². The van der Waals surface area contributed by atoms with E-state index in [0.29, 0.717) is 11.6 Å². The summed E-state index contributed by atoms with van der Waals surface area (Å²) >= 11 is 3.62. The molecular formula is C13H14BrFN2. The standard InChI is InChI=1S/C13H14BrFN2/c1-17-12-8(4-2-5-9(12)15)11(14)13(17)10-6-3-7-16-10/h2,4-5,10,16H,3,6-7H2,1H3. The second-order valence-electron chi connectivity index (χ2n) is 4.54. The van der Waals surface area contributed by atoms with Crippen molar-refractivity contribution >= 4 is 26.8 Å². The van der Waals surface area contributed by atoms with Crippen LogP contribution in [0.4, 0.5) is 4.39 Å². The summed E-state index contributed by atoms with van der Waals surface area (Å²) in [5.41, 5.74) is 1.84. The number of rotatable bonds is 1. The van der Waals surface area contributed by atoms with Gasteiger partial charge in [-0.3, -0.25) is 0 Å². The molecule has 1 unspecified atom stereocenters. The lowest BCUT2D eigenvalue weighted by molar-refractivity contribution is 0.592. The molecule has 3 rings (SSSR count). The number of aryl methyl sites for hydroxylation is 1. The predicted octanol–water partition coefficient (Wildman–Crippen LogP) is 3.50. The summed E-state index contributed by atoms with van der Waals surface area (Å²) in [5, 5.41) is 4.42. The molecule has 0 saturated carbocycles. The highest BCUT2D eigenvalue weighted by Gasteiger charge is 2.25. The predicted molar refractivity (Wildman–Crippen MR) is 70.6 cm³/mol. The molecule has 0 bridgehead atoms. The third-order valence-electron chi connectivity index (χ3n) is 3.54. The van der Waals surface area contributed by atoms with Crippen LogP contribution in [-0.4, -0.2) is 11.1 Å². The summed E-state index contributed by atoms with van der Waals surface area (Å²) in [6, 6.07) is 5.57. The maximum absolute atomic E-state index is 13.9. The summed E-state index contributed by atoms with van der Waals surface area (Å²) in [5.74, 6) is -0.157. The minimum atomic E-state index is -0.157. The van der Waals surface area contributed by atoms with Crippen molar-refractivity contribution in [2.24, 2.45) is 7.05 Å². The minimum Gasteiger partial charge on any atom is -0.343 e. The molecule has 2 aromatic rings. The van der Waals surface area contributed by atoms with E-state index < -0.39 is 0 Å². The molecule has 1 atom stereocenters. The Morgan fingerprint density at radius 3 is 2.94 bits per heavy atom. The first-order chi connectivity index (χ1) is 8.20. The lowest BCUT2D eigenvalue weighted by atomic mass is 10.1. The lowest BCUT2D eigenvalue weighted by Gasteiger charge is -2.13. The van der Waals surface area contributed by atoms with Crippen molar-refractivity contribution in [2.45, 2.75) is 18.9 Å². The van der Waals surface area contributed by atoms with Crippen molar-refractivity contribution in [3.63, 3.8) is 0 Å². The Balaban J connectivity index is 2.28. The van der Waals surface area contributed by atoms with Crippen LogP contribution >= 0.6 is 15.9 Å². The molecule has 1 aromatic carbocycles. The van der Waals surface area contributed by atoms with E-state index in [2.05, 4.69) is 21.2 Å². The highest BCUT2D eigenvalue weighted by atomic mass is 79.9. The molecule has 0 radical (unpaired) electrons. The zero-order valence-electron chi connectivity index (χ0n) is 9.63. The number of fused-ring (bicyclic) bond motifs is 1. The number of benzene rings is 1. The van der Waals surface area contributed by atoms with Gasteiger partial charge in [0.15, 0.2) is 0 Å². The first-order valence-electron chi connectivity index (χ1n) is 5.86. The Hall–Kier alpha value is -0.870. The lowest BCUT2D eigenvalue weighted by Crippen LogP contribution is -2.16. The number of hydrogen-bond donors (Lipinski definition) is 1. The van der Waals surface area contributed by atoms with Gasteiger partial charge in [0.05, 0.1) is 5.52 Å². The Morgan fingerprint density at radius 2 is 2.29 bits per heavy atom. The van der Waals surface area contributed by atoms with Gasteiger partial charge in [0, 0.05) is 28.6 Å². The van der Waals surface area contributed by atoms with Gasteiger partial charge in [0.1, 0.15) is 5.82 Å². The zero-order valence-corrected chi connectivity index (χ0v) is 11.2. The first kappa shape index (κ1) is 11.2. The molecule has 2 heterocycles. The number of halogens is 2. The van der Waals surface area contributed by atoms with Crippen molar-refractivity contribution in [2.75, 3.05) is 6.54 Å². The number of aromatic nitrogens is 1. The van der Waals surface area contributed by atoms with E-state index in [9.17, 15) is 4.39 Å². The molecule has 90 valence electrons. The fraction of sp³-hybridized carbons (Fsp3) is 0.385. The van der Waals surface area contributed by atoms with E-state index in [1.165, 1.54) is 12.5 Å². The van der Waals surface area contributed by atoms with E-state index in [4.69, 9.17) is 0 Å². The largest absolute Gasteiger partial charge is 0.343 e. The van der Waals surface area contributed by atoms with E-state index in [0.717, 1.165) is 28.5 Å². The first-order valence-corrected chi connectivity index (χ1v) is 6.65. The molecule has 0 amide bonds. The molecule has 0 spiro atoms. The quantitative estimate of drug-likeness (QED) is 0.852. The number of hydrogen-bond acceptors (Lipinski definition) is 1. The minimum absolute atomic E-state index is 0.157. The Morgan fingerprint density at radius 1 is 1.47 bits per heavy atom. The highest BCUT2D eigenvalue weighted by molar-refractivity contribution is 9.10. The number of nitrogens with one attached hydrogen (secondary N) is 1. The molecule has 1 aliphatic rings. The number of nitrogens with zero attached hydrogens (tertiary/aromatic N) is 1. The highest BCUT2D eigenvalue weighted by Crippen LogP contribution is 2.37. The maximum atomic E-state index is 13.9. The molecule has 17 heavy (non-hydrogen) atoms. The molecule has 1 aromatic heterocycles. The van der Waals surface area contributed by atoms with E-state index in [1.807, 2.05) is 17.7 Å². The molecule has 1 saturated heterocycles. The summed E-state index contributed by atoms with van der Waals surface area (Å²) in [6.45, 7) is 1.04. The fourth-order valence-electron chi connectivity index (χ4n) is 2.74. The van der Waals surface area contributed by atoms with Crippen LogP contribution in [0, 0.1) is 5.82 Å². The molecule has 1 aliphatic heterocycles. The summed E-state index contributed by atoms with van der Waals surface area (Å²) in [4.78, 5) is 0. The smallest absolute Gasteiger partial charge is 0.147 e. The van der Waals surface area contributed by atoms with Crippen LogP contribution in [0.25, 0.3) is 10.9 Å². The Kier molecular flexibility index (Phi) is 2.71. The van der Waals surface area contributed by atoms with Gasteiger partial charge in [-0.15, -0.1) is 0 Å². The average molecular weight is 297 g/mol. The second kappa shape index (κ2) is 4.10. The van der Waals surface area contributed by atoms with Crippen LogP contribution in [0.3, 0.4) is 0 Å². The van der Waals surface area contributed by atoms with E-state index >= 15 is 0 Å². The monoisotopic (exact) mass is 296 g/mol. The number of para-hydroxylation sites is 1. The van der Waals surface area contributed by atoms with Gasteiger partial charge in [-0.2, -0.15) is 0 Å². The zero-order chi connectivity index (χ0) is 12.0. The molecule has 1 fully saturated rings. The third-order valence-corrected chi connectivity index (χ3v) is 4.37. The topological polar surface area (TPSA) is 17.0 Å². The molecule has 4 heteroatoms. The maximum Gasteiger partial charge on any atom is 0.147 e. The van der Waals surface area contributed by atoms with Crippen molar-refractivity contribution in [1.82, 2.24) is 9.88 Å². The van der Waals surface area contributed by atoms with Gasteiger partial charge in [0.25, 0.3) is 0 Å². The van der Waals surface area contributed by atoms with Crippen molar-refractivity contribution in [3.05, 3.63) is 34.2 Å². The molecular weight excluding hydrogens is 283 g/mol. The van der Waals surface area contributed by atoms with Gasteiger partial charge in [-0.05, 0) is 41.4 Å². The fourth-order valence-corrected chi connectivity index (χ4v) is 3.61. The second-order valence-corrected chi connectivity index (χ2v) is 5.34. The molecule has 0 aliphatic carbocycles. The third kappa shape index (κ3) is 1.62. The Bertz CT molecular complexity index is 570. The van der Waals surface area contributed by atoms with Crippen molar-refractivity contribution in [1.29, 1.82) is 0 Å². The van der Waals surface area contributed by atoms with Gasteiger partial charge in [-0.25, -0.2) is 4.39 Å². The summed E-state index contributed by atoms with van der Waals surface area (Å²) < 4.78 is 16.9. The van der Waals surface area contributed by atoms with Crippen LogP contribution < -0.4 is 5.32 Å². The normalized spacial score (nSPS) is 20.3. The summed E-state index contributed by atoms with van der Waals surface area (Å²) in [6.07, 6.45) is 2.30. The van der Waals surface area contributed by atoms with Crippen molar-refractivity contribution < 1.29 is 4.39 Å². The van der Waals surface area contributed by atoms with Crippen LogP contribution in [-0.2, 0) is 7.05 Å². The van der Waals surface area contributed by atoms with Crippen LogP contribution in [0.5, 0.6) is 0 Å². The van der Waals surface area contributed by atoms with E-state index in [-0.39, 0.29) is 5.82 Å². The molecule has 2 nitrogen and oxygen atoms in total. The SMILES string of the molecule is Cn1c(C2CCCN2)c(Br)c2cccc(F)c21. The van der Waals surface area contributed by atoms with Gasteiger partial charge in [-0.1, -0.05) is 12.1 Å². The van der Waals surface area contributed by atoms with Crippen LogP contribution in [0.2, 0.25) is 0 Å². The van der Waals surface area contributed by atoms with Gasteiger partial charge in [0.2, 0.25) is 0 Å².